The van der Waals surface area contributed by atoms with Gasteiger partial charge in [-0.2, -0.15) is 0 Å². The SMILES string of the molecule is CC(C)(N)C(=O)N[C@H](COCc1ccccc1)C(=O)N1CCN2C(=O)CC(=O)[C@]2(Cc2ccc(F)cc2)C1. The van der Waals surface area contributed by atoms with Crippen molar-refractivity contribution in [2.24, 2.45) is 5.73 Å². The van der Waals surface area contributed by atoms with Gasteiger partial charge in [0.15, 0.2) is 5.78 Å². The lowest BCUT2D eigenvalue weighted by Gasteiger charge is -2.46. The van der Waals surface area contributed by atoms with Gasteiger partial charge in [-0.15, -0.1) is 0 Å². The van der Waals surface area contributed by atoms with E-state index in [2.05, 4.69) is 5.32 Å². The van der Waals surface area contributed by atoms with E-state index in [0.29, 0.717) is 5.56 Å². The number of hydrogen-bond acceptors (Lipinski definition) is 6. The van der Waals surface area contributed by atoms with Crippen molar-refractivity contribution in [3.05, 3.63) is 71.5 Å². The molecule has 2 aliphatic rings. The standard InChI is InChI=1S/C28H33FN4O5/c1-27(2,30)26(37)31-22(17-38-16-20-6-4-3-5-7-20)25(36)32-12-13-33-24(35)14-23(34)28(33,18-32)15-19-8-10-21(29)11-9-19/h3-11,22H,12-18,30H2,1-2H3,(H,31,37)/t22-,28+/m1/s1. The quantitative estimate of drug-likeness (QED) is 0.476. The minimum absolute atomic E-state index is 0.0368. The van der Waals surface area contributed by atoms with Gasteiger partial charge in [0, 0.05) is 19.5 Å². The van der Waals surface area contributed by atoms with Gasteiger partial charge in [0.25, 0.3) is 0 Å². The maximum Gasteiger partial charge on any atom is 0.247 e. The van der Waals surface area contributed by atoms with Gasteiger partial charge < -0.3 is 25.6 Å². The summed E-state index contributed by atoms with van der Waals surface area (Å²) < 4.78 is 19.3. The molecule has 0 spiro atoms. The van der Waals surface area contributed by atoms with E-state index in [0.717, 1.165) is 5.56 Å². The number of Topliss-reactive ketones (excluding diaryl/α,β-unsaturated/α-hetero) is 1. The van der Waals surface area contributed by atoms with Crippen LogP contribution in [0, 0.1) is 5.82 Å². The number of nitrogens with one attached hydrogen (secondary N) is 1. The minimum Gasteiger partial charge on any atom is -0.374 e. The molecule has 4 rings (SSSR count). The molecule has 38 heavy (non-hydrogen) atoms. The highest BCUT2D eigenvalue weighted by Crippen LogP contribution is 2.34. The Labute approximate surface area is 221 Å². The molecule has 3 N–H and O–H groups in total. The maximum atomic E-state index is 13.7. The van der Waals surface area contributed by atoms with E-state index in [9.17, 15) is 23.6 Å². The molecule has 2 aromatic carbocycles. The Morgan fingerprint density at radius 3 is 2.42 bits per heavy atom. The number of carbonyl (C=O) groups excluding carboxylic acids is 4. The summed E-state index contributed by atoms with van der Waals surface area (Å²) in [5, 5.41) is 2.70. The molecule has 3 amide bonds. The molecule has 0 aliphatic carbocycles. The van der Waals surface area contributed by atoms with E-state index in [1.165, 1.54) is 35.8 Å². The number of halogens is 1. The van der Waals surface area contributed by atoms with Gasteiger partial charge in [-0.1, -0.05) is 42.5 Å². The molecule has 9 nitrogen and oxygen atoms in total. The number of rotatable bonds is 9. The summed E-state index contributed by atoms with van der Waals surface area (Å²) in [7, 11) is 0. The fourth-order valence-corrected chi connectivity index (χ4v) is 4.90. The molecule has 2 fully saturated rings. The van der Waals surface area contributed by atoms with E-state index < -0.39 is 34.8 Å². The monoisotopic (exact) mass is 524 g/mol. The topological polar surface area (TPSA) is 122 Å². The summed E-state index contributed by atoms with van der Waals surface area (Å²) in [5.74, 6) is -1.93. The summed E-state index contributed by atoms with van der Waals surface area (Å²) in [6.07, 6.45) is -0.0933. The zero-order chi connectivity index (χ0) is 27.5. The van der Waals surface area contributed by atoms with E-state index in [-0.39, 0.29) is 57.4 Å². The molecule has 0 saturated carbocycles. The Balaban J connectivity index is 1.55. The van der Waals surface area contributed by atoms with Crippen molar-refractivity contribution in [3.63, 3.8) is 0 Å². The molecule has 2 saturated heterocycles. The van der Waals surface area contributed by atoms with Crippen molar-refractivity contribution in [1.29, 1.82) is 0 Å². The lowest BCUT2D eigenvalue weighted by molar-refractivity contribution is -0.149. The van der Waals surface area contributed by atoms with Crippen LogP contribution in [0.1, 0.15) is 31.4 Å². The summed E-state index contributed by atoms with van der Waals surface area (Å²) >= 11 is 0. The number of ether oxygens (including phenoxy) is 1. The molecule has 0 radical (unpaired) electrons. The van der Waals surface area contributed by atoms with Crippen LogP contribution in [0.15, 0.2) is 54.6 Å². The smallest absolute Gasteiger partial charge is 0.247 e. The predicted octanol–water partition coefficient (Wildman–Crippen LogP) is 1.19. The van der Waals surface area contributed by atoms with Crippen LogP contribution in [0.3, 0.4) is 0 Å². The van der Waals surface area contributed by atoms with Crippen molar-refractivity contribution in [2.45, 2.75) is 50.4 Å². The first-order valence-corrected chi connectivity index (χ1v) is 12.6. The Morgan fingerprint density at radius 1 is 1.08 bits per heavy atom. The summed E-state index contributed by atoms with van der Waals surface area (Å²) in [6, 6.07) is 14.1. The van der Waals surface area contributed by atoms with Gasteiger partial charge in [-0.25, -0.2) is 4.39 Å². The molecule has 0 unspecified atom stereocenters. The molecule has 2 aliphatic heterocycles. The molecular formula is C28H33FN4O5. The predicted molar refractivity (Wildman–Crippen MR) is 137 cm³/mol. The fourth-order valence-electron chi connectivity index (χ4n) is 4.90. The molecular weight excluding hydrogens is 491 g/mol. The number of carbonyl (C=O) groups is 4. The molecule has 2 aromatic rings. The third-order valence-corrected chi connectivity index (χ3v) is 7.00. The van der Waals surface area contributed by atoms with Crippen LogP contribution in [-0.2, 0) is 36.9 Å². The number of hydrogen-bond donors (Lipinski definition) is 2. The maximum absolute atomic E-state index is 13.7. The van der Waals surface area contributed by atoms with Crippen molar-refractivity contribution in [3.8, 4) is 0 Å². The molecule has 10 heteroatoms. The molecule has 2 heterocycles. The highest BCUT2D eigenvalue weighted by atomic mass is 19.1. The molecule has 0 aromatic heterocycles. The Hall–Kier alpha value is -3.63. The van der Waals surface area contributed by atoms with Crippen LogP contribution in [0.5, 0.6) is 0 Å². The third kappa shape index (κ3) is 5.92. The normalized spacial score (nSPS) is 20.3. The Bertz CT molecular complexity index is 1200. The van der Waals surface area contributed by atoms with Gasteiger partial charge in [0.05, 0.1) is 31.7 Å². The van der Waals surface area contributed by atoms with Crippen molar-refractivity contribution >= 4 is 23.5 Å². The van der Waals surface area contributed by atoms with Gasteiger partial charge in [0.2, 0.25) is 17.7 Å². The molecule has 0 bridgehead atoms. The first kappa shape index (κ1) is 27.4. The number of nitrogens with two attached hydrogens (primary N) is 1. The fraction of sp³-hybridized carbons (Fsp3) is 0.429. The first-order chi connectivity index (χ1) is 18.0. The number of ketones is 1. The highest BCUT2D eigenvalue weighted by Gasteiger charge is 2.56. The van der Waals surface area contributed by atoms with Crippen LogP contribution in [-0.4, -0.2) is 76.7 Å². The minimum atomic E-state index is -1.25. The third-order valence-electron chi connectivity index (χ3n) is 7.00. The zero-order valence-corrected chi connectivity index (χ0v) is 21.6. The second kappa shape index (κ2) is 11.0. The van der Waals surface area contributed by atoms with E-state index in [4.69, 9.17) is 10.5 Å². The van der Waals surface area contributed by atoms with Gasteiger partial charge in [0.1, 0.15) is 17.4 Å². The second-order valence-electron chi connectivity index (χ2n) is 10.5. The van der Waals surface area contributed by atoms with E-state index in [1.54, 1.807) is 12.1 Å². The van der Waals surface area contributed by atoms with Crippen molar-refractivity contribution < 1.29 is 28.3 Å². The van der Waals surface area contributed by atoms with E-state index in [1.807, 2.05) is 30.3 Å². The lowest BCUT2D eigenvalue weighted by atomic mass is 9.84. The van der Waals surface area contributed by atoms with E-state index >= 15 is 0 Å². The Morgan fingerprint density at radius 2 is 1.76 bits per heavy atom. The largest absolute Gasteiger partial charge is 0.374 e. The van der Waals surface area contributed by atoms with Crippen LogP contribution in [0.25, 0.3) is 0 Å². The van der Waals surface area contributed by atoms with Gasteiger partial charge in [-0.3, -0.25) is 19.2 Å². The van der Waals surface area contributed by atoms with Crippen LogP contribution < -0.4 is 11.1 Å². The summed E-state index contributed by atoms with van der Waals surface area (Å²) in [5.41, 5.74) is 5.06. The number of nitrogens with zero attached hydrogens (tertiary/aromatic N) is 2. The van der Waals surface area contributed by atoms with Crippen LogP contribution in [0.2, 0.25) is 0 Å². The summed E-state index contributed by atoms with van der Waals surface area (Å²) in [6.45, 7) is 3.54. The molecule has 2 atom stereocenters. The number of amides is 3. The van der Waals surface area contributed by atoms with Crippen molar-refractivity contribution in [1.82, 2.24) is 15.1 Å². The first-order valence-electron chi connectivity index (χ1n) is 12.6. The highest BCUT2D eigenvalue weighted by molar-refractivity contribution is 6.11. The van der Waals surface area contributed by atoms with Crippen LogP contribution >= 0.6 is 0 Å². The van der Waals surface area contributed by atoms with Crippen molar-refractivity contribution in [2.75, 3.05) is 26.2 Å². The van der Waals surface area contributed by atoms with Gasteiger partial charge in [-0.05, 0) is 37.1 Å². The number of benzene rings is 2. The molecule has 202 valence electrons. The van der Waals surface area contributed by atoms with Crippen LogP contribution in [0.4, 0.5) is 4.39 Å². The number of piperazine rings is 1. The Kier molecular flexibility index (Phi) is 7.94. The second-order valence-corrected chi connectivity index (χ2v) is 10.5. The average molecular weight is 525 g/mol. The lowest BCUT2D eigenvalue weighted by Crippen LogP contribution is -2.67. The number of fused-ring (bicyclic) bond motifs is 1. The average Bonchev–Trinajstić information content (AvgIpc) is 3.12. The van der Waals surface area contributed by atoms with Gasteiger partial charge >= 0.3 is 0 Å². The zero-order valence-electron chi connectivity index (χ0n) is 21.6. The summed E-state index contributed by atoms with van der Waals surface area (Å²) in [4.78, 5) is 55.3.